The number of amides is 2. The number of anilines is 2. The van der Waals surface area contributed by atoms with E-state index in [1.807, 2.05) is 67.5 Å². The molecule has 0 saturated carbocycles. The van der Waals surface area contributed by atoms with Gasteiger partial charge in [-0.15, -0.1) is 0 Å². The minimum atomic E-state index is -0.171. The van der Waals surface area contributed by atoms with Gasteiger partial charge in [0.05, 0.1) is 11.4 Å². The minimum absolute atomic E-state index is 0.0738. The number of ether oxygens (including phenoxy) is 1. The molecule has 0 unspecified atom stereocenters. The van der Waals surface area contributed by atoms with Crippen molar-refractivity contribution in [2.24, 2.45) is 10.2 Å². The third kappa shape index (κ3) is 8.62. The first-order valence-electron chi connectivity index (χ1n) is 14.8. The summed E-state index contributed by atoms with van der Waals surface area (Å²) in [4.78, 5) is 40.9. The van der Waals surface area contributed by atoms with Crippen LogP contribution < -0.4 is 31.0 Å². The second kappa shape index (κ2) is 14.8. The molecule has 0 saturated heterocycles. The van der Waals surface area contributed by atoms with E-state index in [-0.39, 0.29) is 17.8 Å². The van der Waals surface area contributed by atoms with Crippen LogP contribution in [0.25, 0.3) is 11.2 Å². The number of benzene rings is 3. The third-order valence-corrected chi connectivity index (χ3v) is 7.03. The number of nitrogen functional groups attached to an aromatic ring is 1. The molecule has 5 rings (SSSR count). The van der Waals surface area contributed by atoms with Crippen LogP contribution in [0, 0.1) is 0 Å². The van der Waals surface area contributed by atoms with Crippen LogP contribution >= 0.6 is 0 Å². The molecule has 0 bridgehead atoms. The van der Waals surface area contributed by atoms with Crippen LogP contribution in [0.15, 0.2) is 83.0 Å². The van der Waals surface area contributed by atoms with Crippen LogP contribution in [0.2, 0.25) is 0 Å². The number of azo groups is 1. The number of hydrogen-bond donors (Lipinski definition) is 4. The van der Waals surface area contributed by atoms with Crippen molar-refractivity contribution >= 4 is 46.0 Å². The van der Waals surface area contributed by atoms with Gasteiger partial charge in [0.25, 0.3) is 17.4 Å². The Hall–Kier alpha value is -5.85. The Morgan fingerprint density at radius 1 is 0.913 bits per heavy atom. The summed E-state index contributed by atoms with van der Waals surface area (Å²) >= 11 is 0. The lowest BCUT2D eigenvalue weighted by molar-refractivity contribution is -0.380. The number of aryl methyl sites for hydroxylation is 1. The zero-order valence-electron chi connectivity index (χ0n) is 26.0. The van der Waals surface area contributed by atoms with Gasteiger partial charge in [-0.3, -0.25) is 15.3 Å². The maximum absolute atomic E-state index is 12.7. The fourth-order valence-electron chi connectivity index (χ4n) is 4.51. The second-order valence-corrected chi connectivity index (χ2v) is 10.9. The Bertz CT molecular complexity index is 1820. The van der Waals surface area contributed by atoms with Gasteiger partial charge in [-0.25, -0.2) is 4.98 Å². The molecule has 0 atom stereocenters. The molecule has 2 aromatic heterocycles. The molecule has 236 valence electrons. The van der Waals surface area contributed by atoms with Gasteiger partial charge in [-0.05, 0) is 71.1 Å². The summed E-state index contributed by atoms with van der Waals surface area (Å²) < 4.78 is 6.01. The van der Waals surface area contributed by atoms with E-state index in [1.54, 1.807) is 24.3 Å². The van der Waals surface area contributed by atoms with Crippen molar-refractivity contribution in [2.45, 2.75) is 32.9 Å². The van der Waals surface area contributed by atoms with Crippen molar-refractivity contribution in [1.29, 1.82) is 0 Å². The van der Waals surface area contributed by atoms with Crippen molar-refractivity contribution in [3.05, 3.63) is 95.3 Å². The van der Waals surface area contributed by atoms with E-state index in [0.29, 0.717) is 66.7 Å². The van der Waals surface area contributed by atoms with Gasteiger partial charge in [-0.2, -0.15) is 15.2 Å². The van der Waals surface area contributed by atoms with Gasteiger partial charge in [-0.1, -0.05) is 24.3 Å². The summed E-state index contributed by atoms with van der Waals surface area (Å²) in [6.07, 6.45) is 1.24. The molecule has 13 heteroatoms. The first-order valence-corrected chi connectivity index (χ1v) is 14.8. The summed E-state index contributed by atoms with van der Waals surface area (Å²) in [5.74, 6) is 1.08. The van der Waals surface area contributed by atoms with Gasteiger partial charge >= 0.3 is 5.95 Å². The maximum Gasteiger partial charge on any atom is 0.392 e. The molecule has 2 amide bonds. The molecule has 0 aliphatic heterocycles. The molecule has 5 aromatic rings. The lowest BCUT2D eigenvalue weighted by Gasteiger charge is -2.11. The first-order chi connectivity index (χ1) is 22.2. The summed E-state index contributed by atoms with van der Waals surface area (Å²) in [5, 5.41) is 14.3. The highest BCUT2D eigenvalue weighted by atomic mass is 16.5. The average Bonchev–Trinajstić information content (AvgIpc) is 3.47. The number of carbonyl (C=O) groups is 2. The Morgan fingerprint density at radius 3 is 2.22 bits per heavy atom. The Balaban J connectivity index is 1.10. The molecular formula is C33H37N10O3+. The number of nitrogens with two attached hydrogens (primary N) is 1. The van der Waals surface area contributed by atoms with Crippen molar-refractivity contribution in [3.63, 3.8) is 0 Å². The number of imidazole rings is 1. The van der Waals surface area contributed by atoms with E-state index in [4.69, 9.17) is 10.5 Å². The van der Waals surface area contributed by atoms with Crippen LogP contribution in [0.3, 0.4) is 0 Å². The van der Waals surface area contributed by atoms with E-state index in [1.165, 1.54) is 6.92 Å². The van der Waals surface area contributed by atoms with Crippen molar-refractivity contribution in [3.8, 4) is 5.88 Å². The van der Waals surface area contributed by atoms with E-state index >= 15 is 0 Å². The van der Waals surface area contributed by atoms with Crippen molar-refractivity contribution in [1.82, 2.24) is 25.6 Å². The van der Waals surface area contributed by atoms with Gasteiger partial charge < -0.3 is 25.3 Å². The summed E-state index contributed by atoms with van der Waals surface area (Å²) in [7, 11) is 3.97. The number of nitrogens with one attached hydrogen (secondary N) is 4. The van der Waals surface area contributed by atoms with Gasteiger partial charge in [0, 0.05) is 51.8 Å². The Kier molecular flexibility index (Phi) is 10.1. The average molecular weight is 622 g/mol. The maximum atomic E-state index is 12.7. The zero-order valence-corrected chi connectivity index (χ0v) is 26.0. The largest absolute Gasteiger partial charge is 0.461 e. The number of rotatable bonds is 13. The molecule has 3 aromatic carbocycles. The summed E-state index contributed by atoms with van der Waals surface area (Å²) in [5.41, 5.74) is 12.0. The Labute approximate surface area is 266 Å². The molecule has 2 heterocycles. The Morgan fingerprint density at radius 2 is 1.57 bits per heavy atom. The normalized spacial score (nSPS) is 11.1. The lowest BCUT2D eigenvalue weighted by atomic mass is 10.1. The number of nitrogens with zero attached hydrogens (tertiary/aromatic N) is 5. The van der Waals surface area contributed by atoms with E-state index in [0.717, 1.165) is 22.5 Å². The number of aromatic amines is 2. The lowest BCUT2D eigenvalue weighted by Crippen LogP contribution is -2.24. The predicted molar refractivity (Wildman–Crippen MR) is 175 cm³/mol. The monoisotopic (exact) mass is 621 g/mol. The van der Waals surface area contributed by atoms with Crippen LogP contribution in [0.4, 0.5) is 23.0 Å². The standard InChI is InChI=1S/C33H36N10O3/c1-21(44)36-19-22-6-8-23(9-7-22)20-46-32-29-30(39-33(34)40-32)38-28(37-29)5-4-18-35-31(45)24-10-12-25(13-11-24)41-42-26-14-16-27(17-15-26)43(2)3/h6-17H,4-5,18-20H2,1-3H3,(H,35,45)(H,36,44)(H3,34,37,38,39,40)/p+1. The zero-order chi connectivity index (χ0) is 32.5. The molecule has 0 fully saturated rings. The number of hydrogen-bond acceptors (Lipinski definition) is 9. The smallest absolute Gasteiger partial charge is 0.392 e. The second-order valence-electron chi connectivity index (χ2n) is 10.9. The van der Waals surface area contributed by atoms with E-state index in [2.05, 4.69) is 40.8 Å². The number of aromatic nitrogens is 4. The molecule has 46 heavy (non-hydrogen) atoms. The van der Waals surface area contributed by atoms with Gasteiger partial charge in [0.15, 0.2) is 5.52 Å². The van der Waals surface area contributed by atoms with Crippen LogP contribution in [-0.2, 0) is 24.4 Å². The highest BCUT2D eigenvalue weighted by Crippen LogP contribution is 2.22. The number of carbonyl (C=O) groups excluding carboxylic acids is 2. The molecular weight excluding hydrogens is 584 g/mol. The van der Waals surface area contributed by atoms with Gasteiger partial charge in [0.2, 0.25) is 5.91 Å². The summed E-state index contributed by atoms with van der Waals surface area (Å²) in [6, 6.07) is 22.5. The molecule has 13 nitrogen and oxygen atoms in total. The van der Waals surface area contributed by atoms with Crippen LogP contribution in [0.5, 0.6) is 5.88 Å². The quantitative estimate of drug-likeness (QED) is 0.111. The topological polar surface area (TPSA) is 177 Å². The van der Waals surface area contributed by atoms with E-state index in [9.17, 15) is 9.59 Å². The van der Waals surface area contributed by atoms with E-state index < -0.39 is 0 Å². The first kappa shape index (κ1) is 31.6. The molecule has 6 N–H and O–H groups in total. The highest BCUT2D eigenvalue weighted by molar-refractivity contribution is 5.94. The number of fused-ring (bicyclic) bond motifs is 1. The third-order valence-electron chi connectivity index (χ3n) is 7.03. The minimum Gasteiger partial charge on any atom is -0.461 e. The molecule has 0 spiro atoms. The SMILES string of the molecule is CC(=O)NCc1ccc(COc2[nH+]c(N)nc3nc(CCCNC(=O)c4ccc(N=Nc5ccc(N(C)C)cc5)cc4)[nH]c23)cc1. The van der Waals surface area contributed by atoms with Crippen LogP contribution in [-0.4, -0.2) is 47.4 Å². The molecule has 0 radical (unpaired) electrons. The fraction of sp³-hybridized carbons (Fsp3) is 0.242. The predicted octanol–water partition coefficient (Wildman–Crippen LogP) is 4.41. The van der Waals surface area contributed by atoms with Gasteiger partial charge in [0.1, 0.15) is 12.4 Å². The van der Waals surface area contributed by atoms with Crippen molar-refractivity contribution in [2.75, 3.05) is 31.3 Å². The number of H-pyrrole nitrogens is 2. The fourth-order valence-corrected chi connectivity index (χ4v) is 4.51. The molecule has 0 aliphatic carbocycles. The van der Waals surface area contributed by atoms with Crippen LogP contribution in [0.1, 0.15) is 40.7 Å². The summed E-state index contributed by atoms with van der Waals surface area (Å²) in [6.45, 7) is 2.72. The highest BCUT2D eigenvalue weighted by Gasteiger charge is 2.18. The molecule has 0 aliphatic rings. The van der Waals surface area contributed by atoms with Crippen molar-refractivity contribution < 1.29 is 19.3 Å².